The molecule has 0 fully saturated rings. The highest BCUT2D eigenvalue weighted by molar-refractivity contribution is 5.95. The predicted molar refractivity (Wildman–Crippen MR) is 77.3 cm³/mol. The van der Waals surface area contributed by atoms with Gasteiger partial charge in [-0.15, -0.1) is 0 Å². The van der Waals surface area contributed by atoms with Crippen molar-refractivity contribution in [3.8, 4) is 11.4 Å². The first-order chi connectivity index (χ1) is 10.5. The standard InChI is InChI=1S/C16H13F3N2O/c17-16(18,19)14-10-20-15(21(14)8-9-22)13-7-3-5-11-4-1-2-6-12(11)13/h1-7,10,22H,8-9H2. The summed E-state index contributed by atoms with van der Waals surface area (Å²) in [5.74, 6) is 0.207. The largest absolute Gasteiger partial charge is 0.433 e. The molecule has 3 nitrogen and oxygen atoms in total. The SMILES string of the molecule is OCCn1c(C(F)(F)F)cnc1-c1cccc2ccccc12. The van der Waals surface area contributed by atoms with Crippen molar-refractivity contribution in [2.75, 3.05) is 6.61 Å². The molecule has 3 rings (SSSR count). The van der Waals surface area contributed by atoms with E-state index < -0.39 is 18.5 Å². The number of alkyl halides is 3. The summed E-state index contributed by atoms with van der Waals surface area (Å²) in [7, 11) is 0. The van der Waals surface area contributed by atoms with E-state index in [1.54, 1.807) is 12.1 Å². The van der Waals surface area contributed by atoms with E-state index in [4.69, 9.17) is 5.11 Å². The van der Waals surface area contributed by atoms with Gasteiger partial charge in [-0.05, 0) is 10.8 Å². The number of hydrogen-bond donors (Lipinski definition) is 1. The fraction of sp³-hybridized carbons (Fsp3) is 0.188. The van der Waals surface area contributed by atoms with Gasteiger partial charge >= 0.3 is 6.18 Å². The average Bonchev–Trinajstić information content (AvgIpc) is 2.91. The van der Waals surface area contributed by atoms with Crippen molar-refractivity contribution in [3.05, 3.63) is 54.4 Å². The summed E-state index contributed by atoms with van der Waals surface area (Å²) in [5, 5.41) is 10.8. The molecule has 1 heterocycles. The van der Waals surface area contributed by atoms with Crippen molar-refractivity contribution in [2.24, 2.45) is 0 Å². The maximum absolute atomic E-state index is 13.1. The maximum atomic E-state index is 13.1. The molecule has 114 valence electrons. The molecule has 0 aliphatic rings. The molecule has 6 heteroatoms. The van der Waals surface area contributed by atoms with E-state index in [0.29, 0.717) is 5.56 Å². The molecule has 0 amide bonds. The van der Waals surface area contributed by atoms with Crippen LogP contribution in [-0.2, 0) is 12.7 Å². The molecule has 0 saturated carbocycles. The quantitative estimate of drug-likeness (QED) is 0.801. The number of hydrogen-bond acceptors (Lipinski definition) is 2. The van der Waals surface area contributed by atoms with E-state index in [0.717, 1.165) is 21.5 Å². The summed E-state index contributed by atoms with van der Waals surface area (Å²) in [6.45, 7) is -0.551. The van der Waals surface area contributed by atoms with Gasteiger partial charge in [-0.25, -0.2) is 4.98 Å². The van der Waals surface area contributed by atoms with Crippen molar-refractivity contribution in [2.45, 2.75) is 12.7 Å². The van der Waals surface area contributed by atoms with Crippen LogP contribution in [0.4, 0.5) is 13.2 Å². The highest BCUT2D eigenvalue weighted by atomic mass is 19.4. The predicted octanol–water partition coefficient (Wildman–Crippen LogP) is 3.71. The van der Waals surface area contributed by atoms with Gasteiger partial charge in [0.2, 0.25) is 0 Å². The van der Waals surface area contributed by atoms with Crippen molar-refractivity contribution in [3.63, 3.8) is 0 Å². The lowest BCUT2D eigenvalue weighted by molar-refractivity contribution is -0.143. The zero-order chi connectivity index (χ0) is 15.7. The number of imidazole rings is 1. The van der Waals surface area contributed by atoms with E-state index in [9.17, 15) is 13.2 Å². The van der Waals surface area contributed by atoms with E-state index in [1.807, 2.05) is 30.3 Å². The van der Waals surface area contributed by atoms with Crippen LogP contribution in [0.15, 0.2) is 48.7 Å². The molecule has 0 spiro atoms. The highest BCUT2D eigenvalue weighted by Crippen LogP contribution is 2.34. The molecule has 0 aliphatic heterocycles. The summed E-state index contributed by atoms with van der Waals surface area (Å²) in [4.78, 5) is 3.95. The van der Waals surface area contributed by atoms with Gasteiger partial charge < -0.3 is 9.67 Å². The minimum absolute atomic E-state index is 0.159. The average molecular weight is 306 g/mol. The van der Waals surface area contributed by atoms with Crippen LogP contribution in [0.25, 0.3) is 22.2 Å². The Labute approximate surface area is 124 Å². The minimum Gasteiger partial charge on any atom is -0.395 e. The zero-order valence-corrected chi connectivity index (χ0v) is 11.5. The molecule has 0 radical (unpaired) electrons. The Balaban J connectivity index is 2.25. The third-order valence-corrected chi connectivity index (χ3v) is 3.50. The fourth-order valence-electron chi connectivity index (χ4n) is 2.56. The molecule has 0 aliphatic carbocycles. The zero-order valence-electron chi connectivity index (χ0n) is 11.5. The van der Waals surface area contributed by atoms with Crippen LogP contribution in [0.1, 0.15) is 5.69 Å². The van der Waals surface area contributed by atoms with Crippen molar-refractivity contribution < 1.29 is 18.3 Å². The van der Waals surface area contributed by atoms with E-state index in [2.05, 4.69) is 4.98 Å². The first-order valence-corrected chi connectivity index (χ1v) is 6.74. The van der Waals surface area contributed by atoms with Gasteiger partial charge in [0, 0.05) is 12.1 Å². The van der Waals surface area contributed by atoms with Crippen LogP contribution in [0.5, 0.6) is 0 Å². The second-order valence-corrected chi connectivity index (χ2v) is 4.87. The number of fused-ring (bicyclic) bond motifs is 1. The third kappa shape index (κ3) is 2.46. The number of halogens is 3. The number of rotatable bonds is 3. The molecule has 1 aromatic heterocycles. The van der Waals surface area contributed by atoms with Crippen LogP contribution in [-0.4, -0.2) is 21.3 Å². The molecule has 0 atom stereocenters. The van der Waals surface area contributed by atoms with Gasteiger partial charge in [-0.3, -0.25) is 0 Å². The molecule has 0 bridgehead atoms. The highest BCUT2D eigenvalue weighted by Gasteiger charge is 2.36. The number of aliphatic hydroxyl groups is 1. The molecule has 0 saturated heterocycles. The summed E-state index contributed by atoms with van der Waals surface area (Å²) < 4.78 is 40.2. The lowest BCUT2D eigenvalue weighted by atomic mass is 10.0. The van der Waals surface area contributed by atoms with Crippen molar-refractivity contribution in [1.29, 1.82) is 0 Å². The van der Waals surface area contributed by atoms with Gasteiger partial charge in [0.15, 0.2) is 0 Å². The van der Waals surface area contributed by atoms with E-state index >= 15 is 0 Å². The van der Waals surface area contributed by atoms with Crippen LogP contribution >= 0.6 is 0 Å². The van der Waals surface area contributed by atoms with Gasteiger partial charge in [-0.2, -0.15) is 13.2 Å². The van der Waals surface area contributed by atoms with Crippen molar-refractivity contribution >= 4 is 10.8 Å². The minimum atomic E-state index is -4.51. The Bertz CT molecular complexity index is 803. The first-order valence-electron chi connectivity index (χ1n) is 6.74. The molecule has 3 aromatic rings. The number of aliphatic hydroxyl groups excluding tert-OH is 1. The lowest BCUT2D eigenvalue weighted by Crippen LogP contribution is -2.16. The van der Waals surface area contributed by atoms with Crippen LogP contribution < -0.4 is 0 Å². The Kier molecular flexibility index (Phi) is 3.62. The van der Waals surface area contributed by atoms with Crippen LogP contribution in [0.2, 0.25) is 0 Å². The monoisotopic (exact) mass is 306 g/mol. The van der Waals surface area contributed by atoms with Gasteiger partial charge in [0.25, 0.3) is 0 Å². The smallest absolute Gasteiger partial charge is 0.395 e. The Morgan fingerprint density at radius 3 is 2.50 bits per heavy atom. The summed E-state index contributed by atoms with van der Waals surface area (Å²) in [6, 6.07) is 12.8. The molecule has 0 unspecified atom stereocenters. The summed E-state index contributed by atoms with van der Waals surface area (Å²) in [6.07, 6.45) is -3.70. The second-order valence-electron chi connectivity index (χ2n) is 4.87. The molecule has 1 N–H and O–H groups in total. The number of aromatic nitrogens is 2. The third-order valence-electron chi connectivity index (χ3n) is 3.50. The Hall–Kier alpha value is -2.34. The molecular weight excluding hydrogens is 293 g/mol. The molecule has 22 heavy (non-hydrogen) atoms. The second kappa shape index (κ2) is 5.46. The maximum Gasteiger partial charge on any atom is 0.433 e. The number of benzene rings is 2. The van der Waals surface area contributed by atoms with Crippen molar-refractivity contribution in [1.82, 2.24) is 9.55 Å². The van der Waals surface area contributed by atoms with Crippen LogP contribution in [0.3, 0.4) is 0 Å². The summed E-state index contributed by atoms with van der Waals surface area (Å²) in [5.41, 5.74) is -0.244. The molecular formula is C16H13F3N2O. The Morgan fingerprint density at radius 2 is 1.77 bits per heavy atom. The fourth-order valence-corrected chi connectivity index (χ4v) is 2.56. The topological polar surface area (TPSA) is 38.0 Å². The van der Waals surface area contributed by atoms with E-state index in [-0.39, 0.29) is 12.4 Å². The normalized spacial score (nSPS) is 12.0. The lowest BCUT2D eigenvalue weighted by Gasteiger charge is -2.14. The Morgan fingerprint density at radius 1 is 1.05 bits per heavy atom. The van der Waals surface area contributed by atoms with Crippen LogP contribution in [0, 0.1) is 0 Å². The first kappa shape index (κ1) is 14.6. The van der Waals surface area contributed by atoms with Gasteiger partial charge in [0.1, 0.15) is 11.5 Å². The van der Waals surface area contributed by atoms with Gasteiger partial charge in [-0.1, -0.05) is 42.5 Å². The van der Waals surface area contributed by atoms with E-state index in [1.165, 1.54) is 0 Å². The summed E-state index contributed by atoms with van der Waals surface area (Å²) >= 11 is 0. The molecule has 2 aromatic carbocycles. The number of nitrogens with zero attached hydrogens (tertiary/aromatic N) is 2. The van der Waals surface area contributed by atoms with Gasteiger partial charge in [0.05, 0.1) is 12.8 Å².